The van der Waals surface area contributed by atoms with Gasteiger partial charge in [0.15, 0.2) is 0 Å². The van der Waals surface area contributed by atoms with Gasteiger partial charge in [-0.1, -0.05) is 13.0 Å². The van der Waals surface area contributed by atoms with Crippen molar-refractivity contribution >= 4 is 6.03 Å². The van der Waals surface area contributed by atoms with Gasteiger partial charge in [-0.2, -0.15) is 0 Å². The number of nitrogens with zero attached hydrogens (tertiary/aromatic N) is 4. The van der Waals surface area contributed by atoms with E-state index in [0.29, 0.717) is 6.54 Å². The summed E-state index contributed by atoms with van der Waals surface area (Å²) in [6.45, 7) is 10.5. The first-order valence-electron chi connectivity index (χ1n) is 9.02. The molecule has 0 saturated carbocycles. The Labute approximate surface area is 145 Å². The van der Waals surface area contributed by atoms with Crippen LogP contribution in [-0.4, -0.2) is 78.6 Å². The van der Waals surface area contributed by atoms with E-state index in [1.807, 2.05) is 18.2 Å². The molecule has 2 amide bonds. The first-order valence-corrected chi connectivity index (χ1v) is 9.02. The number of hydrogen-bond acceptors (Lipinski definition) is 4. The van der Waals surface area contributed by atoms with Crippen LogP contribution in [-0.2, 0) is 6.54 Å². The molecule has 0 unspecified atom stereocenters. The van der Waals surface area contributed by atoms with E-state index in [0.717, 1.165) is 38.2 Å². The fraction of sp³-hybridized carbons (Fsp3) is 0.667. The maximum absolute atomic E-state index is 12.1. The molecule has 1 aliphatic heterocycles. The first kappa shape index (κ1) is 18.7. The second-order valence-corrected chi connectivity index (χ2v) is 6.39. The highest BCUT2D eigenvalue weighted by Gasteiger charge is 2.14. The van der Waals surface area contributed by atoms with Gasteiger partial charge in [0.05, 0.1) is 12.2 Å². The van der Waals surface area contributed by atoms with Gasteiger partial charge in [0.25, 0.3) is 0 Å². The zero-order chi connectivity index (χ0) is 17.2. The van der Waals surface area contributed by atoms with E-state index < -0.39 is 0 Å². The van der Waals surface area contributed by atoms with Crippen LogP contribution in [0.4, 0.5) is 4.79 Å². The van der Waals surface area contributed by atoms with Crippen molar-refractivity contribution in [2.45, 2.75) is 26.3 Å². The van der Waals surface area contributed by atoms with Crippen molar-refractivity contribution in [2.75, 3.05) is 52.9 Å². The molecular formula is C18H31N5O. The number of nitrogens with one attached hydrogen (secondary N) is 1. The van der Waals surface area contributed by atoms with Crippen molar-refractivity contribution in [2.24, 2.45) is 0 Å². The van der Waals surface area contributed by atoms with Crippen LogP contribution in [0.15, 0.2) is 24.4 Å². The number of unbranched alkanes of at least 4 members (excludes halogenated alkanes) is 1. The van der Waals surface area contributed by atoms with Crippen molar-refractivity contribution in [1.82, 2.24) is 25.0 Å². The maximum atomic E-state index is 12.1. The molecule has 2 rings (SSSR count). The highest BCUT2D eigenvalue weighted by molar-refractivity contribution is 5.73. The van der Waals surface area contributed by atoms with E-state index in [-0.39, 0.29) is 6.03 Å². The number of amides is 2. The fourth-order valence-corrected chi connectivity index (χ4v) is 2.93. The minimum atomic E-state index is -0.0304. The molecule has 1 aromatic heterocycles. The van der Waals surface area contributed by atoms with Crippen LogP contribution in [0.25, 0.3) is 0 Å². The second-order valence-electron chi connectivity index (χ2n) is 6.39. The summed E-state index contributed by atoms with van der Waals surface area (Å²) in [6.07, 6.45) is 3.91. The quantitative estimate of drug-likeness (QED) is 0.735. The third-order valence-electron chi connectivity index (χ3n) is 4.56. The van der Waals surface area contributed by atoms with Crippen LogP contribution >= 0.6 is 0 Å². The summed E-state index contributed by atoms with van der Waals surface area (Å²) in [5.74, 6) is 0. The van der Waals surface area contributed by atoms with E-state index >= 15 is 0 Å². The van der Waals surface area contributed by atoms with Crippen molar-refractivity contribution in [3.8, 4) is 0 Å². The number of piperazine rings is 1. The predicted octanol–water partition coefficient (Wildman–Crippen LogP) is 1.64. The van der Waals surface area contributed by atoms with E-state index in [1.165, 1.54) is 26.2 Å². The Kier molecular flexibility index (Phi) is 7.98. The Morgan fingerprint density at radius 2 is 1.96 bits per heavy atom. The SMILES string of the molecule is CCN1CCN(CCCCNC(=O)N(C)Cc2ccccn2)CC1. The van der Waals surface area contributed by atoms with E-state index in [2.05, 4.69) is 27.0 Å². The summed E-state index contributed by atoms with van der Waals surface area (Å²) in [4.78, 5) is 23.0. The molecule has 134 valence electrons. The third-order valence-corrected chi connectivity index (χ3v) is 4.56. The lowest BCUT2D eigenvalue weighted by atomic mass is 10.2. The lowest BCUT2D eigenvalue weighted by molar-refractivity contribution is 0.135. The van der Waals surface area contributed by atoms with Gasteiger partial charge in [0.2, 0.25) is 0 Å². The monoisotopic (exact) mass is 333 g/mol. The maximum Gasteiger partial charge on any atom is 0.317 e. The number of likely N-dealkylation sites (N-methyl/N-ethyl adjacent to an activating group) is 1. The molecular weight excluding hydrogens is 302 g/mol. The van der Waals surface area contributed by atoms with Crippen molar-refractivity contribution in [1.29, 1.82) is 0 Å². The average molecular weight is 333 g/mol. The van der Waals surface area contributed by atoms with Crippen LogP contribution in [0.3, 0.4) is 0 Å². The van der Waals surface area contributed by atoms with Gasteiger partial charge in [-0.15, -0.1) is 0 Å². The van der Waals surface area contributed by atoms with Gasteiger partial charge < -0.3 is 20.0 Å². The highest BCUT2D eigenvalue weighted by Crippen LogP contribution is 2.03. The number of pyridine rings is 1. The summed E-state index contributed by atoms with van der Waals surface area (Å²) in [5.41, 5.74) is 0.904. The molecule has 0 radical (unpaired) electrons. The van der Waals surface area contributed by atoms with E-state index in [1.54, 1.807) is 18.1 Å². The molecule has 6 nitrogen and oxygen atoms in total. The number of hydrogen-bond donors (Lipinski definition) is 1. The smallest absolute Gasteiger partial charge is 0.317 e. The normalized spacial score (nSPS) is 16.1. The Bertz CT molecular complexity index is 474. The summed E-state index contributed by atoms with van der Waals surface area (Å²) in [6, 6.07) is 5.72. The molecule has 0 bridgehead atoms. The van der Waals surface area contributed by atoms with Gasteiger partial charge >= 0.3 is 6.03 Å². The Hall–Kier alpha value is -1.66. The van der Waals surface area contributed by atoms with E-state index in [4.69, 9.17) is 0 Å². The zero-order valence-electron chi connectivity index (χ0n) is 15.1. The summed E-state index contributed by atoms with van der Waals surface area (Å²) in [5, 5.41) is 2.99. The summed E-state index contributed by atoms with van der Waals surface area (Å²) >= 11 is 0. The lowest BCUT2D eigenvalue weighted by Crippen LogP contribution is -2.46. The molecule has 1 fully saturated rings. The Morgan fingerprint density at radius 3 is 2.62 bits per heavy atom. The molecule has 0 atom stereocenters. The summed E-state index contributed by atoms with van der Waals surface area (Å²) in [7, 11) is 1.80. The van der Waals surface area contributed by atoms with Gasteiger partial charge in [-0.3, -0.25) is 4.98 Å². The van der Waals surface area contributed by atoms with Crippen LogP contribution < -0.4 is 5.32 Å². The molecule has 1 saturated heterocycles. The van der Waals surface area contributed by atoms with Gasteiger partial charge in [0.1, 0.15) is 0 Å². The van der Waals surface area contributed by atoms with Gasteiger partial charge in [-0.25, -0.2) is 4.79 Å². The Balaban J connectivity index is 1.53. The topological polar surface area (TPSA) is 51.7 Å². The third kappa shape index (κ3) is 6.45. The van der Waals surface area contributed by atoms with Crippen molar-refractivity contribution in [3.05, 3.63) is 30.1 Å². The lowest BCUT2D eigenvalue weighted by Gasteiger charge is -2.34. The number of carbonyl (C=O) groups excluding carboxylic acids is 1. The molecule has 6 heteroatoms. The molecule has 0 aliphatic carbocycles. The van der Waals surface area contributed by atoms with Crippen molar-refractivity contribution < 1.29 is 4.79 Å². The predicted molar refractivity (Wildman–Crippen MR) is 96.9 cm³/mol. The number of carbonyl (C=O) groups is 1. The first-order chi connectivity index (χ1) is 11.7. The van der Waals surface area contributed by atoms with Crippen LogP contribution in [0.5, 0.6) is 0 Å². The number of urea groups is 1. The van der Waals surface area contributed by atoms with Crippen LogP contribution in [0, 0.1) is 0 Å². The zero-order valence-corrected chi connectivity index (χ0v) is 15.1. The largest absolute Gasteiger partial charge is 0.338 e. The number of aromatic nitrogens is 1. The minimum absolute atomic E-state index is 0.0304. The van der Waals surface area contributed by atoms with Gasteiger partial charge in [-0.05, 0) is 38.1 Å². The molecule has 24 heavy (non-hydrogen) atoms. The van der Waals surface area contributed by atoms with Crippen molar-refractivity contribution in [3.63, 3.8) is 0 Å². The fourth-order valence-electron chi connectivity index (χ4n) is 2.93. The standard InChI is InChI=1S/C18H31N5O/c1-3-22-12-14-23(15-13-22)11-7-6-10-20-18(24)21(2)16-17-8-4-5-9-19-17/h4-5,8-9H,3,6-7,10-16H2,1-2H3,(H,20,24). The highest BCUT2D eigenvalue weighted by atomic mass is 16.2. The van der Waals surface area contributed by atoms with Gasteiger partial charge in [0, 0.05) is 46.0 Å². The molecule has 1 aliphatic rings. The number of rotatable bonds is 8. The molecule has 2 heterocycles. The van der Waals surface area contributed by atoms with Crippen LogP contribution in [0.1, 0.15) is 25.5 Å². The van der Waals surface area contributed by atoms with Crippen LogP contribution in [0.2, 0.25) is 0 Å². The van der Waals surface area contributed by atoms with E-state index in [9.17, 15) is 4.79 Å². The molecule has 1 aromatic rings. The minimum Gasteiger partial charge on any atom is -0.338 e. The Morgan fingerprint density at radius 1 is 1.21 bits per heavy atom. The molecule has 1 N–H and O–H groups in total. The second kappa shape index (κ2) is 10.3. The average Bonchev–Trinajstić information content (AvgIpc) is 2.62. The molecule has 0 spiro atoms. The molecule has 0 aromatic carbocycles. The summed E-state index contributed by atoms with van der Waals surface area (Å²) < 4.78 is 0.